The molecular formula is C61H42. The quantitative estimate of drug-likeness (QED) is 0.121. The topological polar surface area (TPSA) is 0 Å². The van der Waals surface area contributed by atoms with Crippen LogP contribution >= 0.6 is 0 Å². The fourth-order valence-electron chi connectivity index (χ4n) is 10.4. The Morgan fingerprint density at radius 3 is 1.92 bits per heavy atom. The van der Waals surface area contributed by atoms with Crippen molar-refractivity contribution in [1.82, 2.24) is 0 Å². The van der Waals surface area contributed by atoms with Crippen LogP contribution in [0.3, 0.4) is 0 Å². The molecule has 0 fully saturated rings. The molecule has 0 amide bonds. The molecule has 12 rings (SSSR count). The van der Waals surface area contributed by atoms with Crippen LogP contribution in [0.4, 0.5) is 0 Å². The fraction of sp³-hybridized carbons (Fsp3) is 0.0492. The molecule has 0 saturated carbocycles. The van der Waals surface area contributed by atoms with Crippen LogP contribution in [0.15, 0.2) is 206 Å². The van der Waals surface area contributed by atoms with Gasteiger partial charge >= 0.3 is 0 Å². The molecule has 286 valence electrons. The molecule has 0 bridgehead atoms. The molecule has 1 aliphatic rings. The monoisotopic (exact) mass is 774 g/mol. The van der Waals surface area contributed by atoms with Gasteiger partial charge in [0.05, 0.1) is 0 Å². The van der Waals surface area contributed by atoms with Crippen LogP contribution in [0.1, 0.15) is 33.4 Å². The van der Waals surface area contributed by atoms with E-state index in [0.717, 1.165) is 12.8 Å². The number of hydrogen-bond donors (Lipinski definition) is 0. The zero-order valence-corrected chi connectivity index (χ0v) is 34.1. The molecule has 1 aliphatic carbocycles. The van der Waals surface area contributed by atoms with Crippen LogP contribution in [0.2, 0.25) is 0 Å². The Hall–Kier alpha value is -7.54. The maximum atomic E-state index is 2.50. The molecule has 0 atom stereocenters. The van der Waals surface area contributed by atoms with E-state index in [2.05, 4.69) is 219 Å². The van der Waals surface area contributed by atoms with E-state index in [9.17, 15) is 0 Å². The lowest BCUT2D eigenvalue weighted by Crippen LogP contribution is -1.98. The molecule has 0 heterocycles. The van der Waals surface area contributed by atoms with E-state index in [1.165, 1.54) is 126 Å². The number of benzene rings is 11. The van der Waals surface area contributed by atoms with Gasteiger partial charge in [-0.1, -0.05) is 206 Å². The molecule has 0 radical (unpaired) electrons. The average molecular weight is 775 g/mol. The van der Waals surface area contributed by atoms with Gasteiger partial charge in [0, 0.05) is 0 Å². The van der Waals surface area contributed by atoms with Crippen LogP contribution in [-0.2, 0) is 12.8 Å². The van der Waals surface area contributed by atoms with Crippen molar-refractivity contribution >= 4 is 65.5 Å². The lowest BCUT2D eigenvalue weighted by atomic mass is 9.82. The van der Waals surface area contributed by atoms with Gasteiger partial charge in [-0.2, -0.15) is 0 Å². The summed E-state index contributed by atoms with van der Waals surface area (Å²) in [4.78, 5) is 0. The van der Waals surface area contributed by atoms with Gasteiger partial charge in [-0.15, -0.1) is 0 Å². The lowest BCUT2D eigenvalue weighted by Gasteiger charge is -2.21. The summed E-state index contributed by atoms with van der Waals surface area (Å²) in [6, 6.07) is 77.3. The molecular weight excluding hydrogens is 733 g/mol. The van der Waals surface area contributed by atoms with Crippen molar-refractivity contribution in [3.63, 3.8) is 0 Å². The van der Waals surface area contributed by atoms with Crippen molar-refractivity contribution in [3.8, 4) is 33.4 Å². The van der Waals surface area contributed by atoms with Crippen molar-refractivity contribution in [2.75, 3.05) is 0 Å². The Morgan fingerprint density at radius 1 is 0.377 bits per heavy atom. The Kier molecular flexibility index (Phi) is 8.32. The average Bonchev–Trinajstić information content (AvgIpc) is 3.47. The number of fused-ring (bicyclic) bond motifs is 9. The van der Waals surface area contributed by atoms with E-state index in [1.54, 1.807) is 0 Å². The number of aryl methyl sites for hydroxylation is 1. The van der Waals surface area contributed by atoms with E-state index < -0.39 is 0 Å². The molecule has 0 saturated heterocycles. The molecule has 0 unspecified atom stereocenters. The molecule has 0 aliphatic heterocycles. The SMILES string of the molecule is Cc1ccc2c(Cc3cccc(-c4c5ccccc5c(C5=Cc6ccccc6-c6ccccc6C5)c5cc(-c6cc7ccccc7c7ccccc67)ccc45)c3)cccc2c1. The summed E-state index contributed by atoms with van der Waals surface area (Å²) in [5, 5.41) is 12.8. The third-order valence-electron chi connectivity index (χ3n) is 13.1. The van der Waals surface area contributed by atoms with Gasteiger partial charge in [-0.25, -0.2) is 0 Å². The number of allylic oxidation sites excluding steroid dienone is 1. The summed E-state index contributed by atoms with van der Waals surface area (Å²) >= 11 is 0. The largest absolute Gasteiger partial charge is 0.0619 e. The second-order valence-electron chi connectivity index (χ2n) is 16.9. The minimum Gasteiger partial charge on any atom is -0.0619 e. The van der Waals surface area contributed by atoms with Crippen molar-refractivity contribution in [2.24, 2.45) is 0 Å². The Morgan fingerprint density at radius 2 is 1.03 bits per heavy atom. The van der Waals surface area contributed by atoms with Gasteiger partial charge in [0.2, 0.25) is 0 Å². The van der Waals surface area contributed by atoms with Gasteiger partial charge < -0.3 is 0 Å². The van der Waals surface area contributed by atoms with Gasteiger partial charge in [-0.3, -0.25) is 0 Å². The smallest absolute Gasteiger partial charge is 0.00130 e. The maximum absolute atomic E-state index is 2.50. The first-order valence-corrected chi connectivity index (χ1v) is 21.5. The van der Waals surface area contributed by atoms with E-state index in [4.69, 9.17) is 0 Å². The molecule has 61 heavy (non-hydrogen) atoms. The molecule has 11 aromatic rings. The summed E-state index contributed by atoms with van der Waals surface area (Å²) in [6.45, 7) is 2.17. The normalized spacial score (nSPS) is 12.4. The zero-order chi connectivity index (χ0) is 40.4. The second-order valence-corrected chi connectivity index (χ2v) is 16.9. The minimum absolute atomic E-state index is 0.840. The van der Waals surface area contributed by atoms with E-state index >= 15 is 0 Å². The van der Waals surface area contributed by atoms with Crippen LogP contribution in [0.5, 0.6) is 0 Å². The first kappa shape index (κ1) is 35.4. The van der Waals surface area contributed by atoms with Gasteiger partial charge in [0.15, 0.2) is 0 Å². The third-order valence-corrected chi connectivity index (χ3v) is 13.1. The number of rotatable bonds is 5. The van der Waals surface area contributed by atoms with Crippen molar-refractivity contribution in [2.45, 2.75) is 19.8 Å². The van der Waals surface area contributed by atoms with E-state index in [1.807, 2.05) is 0 Å². The molecule has 0 heteroatoms. The summed E-state index contributed by atoms with van der Waals surface area (Å²) < 4.78 is 0. The third kappa shape index (κ3) is 5.98. The summed E-state index contributed by atoms with van der Waals surface area (Å²) in [6.07, 6.45) is 4.18. The highest BCUT2D eigenvalue weighted by Crippen LogP contribution is 2.47. The Bertz CT molecular complexity index is 3600. The highest BCUT2D eigenvalue weighted by atomic mass is 14.3. The Balaban J connectivity index is 1.13. The van der Waals surface area contributed by atoms with Crippen molar-refractivity contribution in [3.05, 3.63) is 240 Å². The molecule has 0 nitrogen and oxygen atoms in total. The predicted octanol–water partition coefficient (Wildman–Crippen LogP) is 16.4. The lowest BCUT2D eigenvalue weighted by molar-refractivity contribution is 1.21. The summed E-state index contributed by atoms with van der Waals surface area (Å²) in [5.74, 6) is 0. The molecule has 0 spiro atoms. The van der Waals surface area contributed by atoms with Gasteiger partial charge in [0.25, 0.3) is 0 Å². The first-order chi connectivity index (χ1) is 30.1. The fourth-order valence-corrected chi connectivity index (χ4v) is 10.4. The van der Waals surface area contributed by atoms with Gasteiger partial charge in [-0.05, 0) is 153 Å². The minimum atomic E-state index is 0.840. The maximum Gasteiger partial charge on any atom is -0.00130 e. The summed E-state index contributed by atoms with van der Waals surface area (Å²) in [7, 11) is 0. The number of hydrogen-bond acceptors (Lipinski definition) is 0. The van der Waals surface area contributed by atoms with Crippen LogP contribution < -0.4 is 0 Å². The highest BCUT2D eigenvalue weighted by Gasteiger charge is 2.23. The molecule has 0 aromatic heterocycles. The highest BCUT2D eigenvalue weighted by molar-refractivity contribution is 6.22. The van der Waals surface area contributed by atoms with E-state index in [0.29, 0.717) is 0 Å². The molecule has 0 N–H and O–H groups in total. The van der Waals surface area contributed by atoms with E-state index in [-0.39, 0.29) is 0 Å². The Labute approximate surface area is 356 Å². The van der Waals surface area contributed by atoms with Crippen LogP contribution in [-0.4, -0.2) is 0 Å². The predicted molar refractivity (Wildman–Crippen MR) is 262 cm³/mol. The summed E-state index contributed by atoms with van der Waals surface area (Å²) in [5.41, 5.74) is 16.9. The second kappa shape index (κ2) is 14.3. The van der Waals surface area contributed by atoms with Crippen molar-refractivity contribution < 1.29 is 0 Å². The van der Waals surface area contributed by atoms with Crippen LogP contribution in [0.25, 0.3) is 98.9 Å². The zero-order valence-electron chi connectivity index (χ0n) is 34.1. The van der Waals surface area contributed by atoms with Crippen LogP contribution in [0, 0.1) is 6.92 Å². The van der Waals surface area contributed by atoms with Crippen molar-refractivity contribution in [1.29, 1.82) is 0 Å². The first-order valence-electron chi connectivity index (χ1n) is 21.5. The molecule has 11 aromatic carbocycles. The standard InChI is InChI=1S/C61H42/c1-39-28-30-49-41(32-39)18-13-19-42(49)33-40-14-12-20-47(34-40)60-55-26-10-11-27-56(55)61(48-35-43-15-2-5-21-50(43)51-22-6-3-16-44(51)36-48)59-38-46(29-31-57(59)60)58-37-45-17-4-7-23-52(45)53-24-8-9-25-54(53)58/h2-32,34-35,37-38H,33,36H2,1H3. The van der Waals surface area contributed by atoms with Gasteiger partial charge in [0.1, 0.15) is 0 Å².